The molecule has 6 nitrogen and oxygen atoms in total. The minimum absolute atomic E-state index is 0. The number of nitrogens with one attached hydrogen (secondary N) is 1. The molecule has 0 radical (unpaired) electrons. The molecule has 0 amide bonds. The SMILES string of the molecule is FC1(F)CCN(c2ccc(NC3C[C@@H]4CN(CC5CCOCC5)C[C@@H]4C3)nn2)C1.[HH]. The number of anilines is 2. The van der Waals surface area contributed by atoms with Gasteiger partial charge in [-0.25, -0.2) is 8.78 Å². The van der Waals surface area contributed by atoms with E-state index in [0.29, 0.717) is 18.4 Å². The van der Waals surface area contributed by atoms with Gasteiger partial charge in [-0.3, -0.25) is 0 Å². The van der Waals surface area contributed by atoms with Gasteiger partial charge < -0.3 is 19.9 Å². The van der Waals surface area contributed by atoms with Gasteiger partial charge in [-0.15, -0.1) is 10.2 Å². The van der Waals surface area contributed by atoms with Crippen molar-refractivity contribution in [3.8, 4) is 0 Å². The Bertz CT molecular complexity index is 689. The minimum Gasteiger partial charge on any atom is -0.381 e. The Morgan fingerprint density at radius 1 is 1.14 bits per heavy atom. The molecule has 3 atom stereocenters. The second-order valence-corrected chi connectivity index (χ2v) is 9.41. The zero-order valence-electron chi connectivity index (χ0n) is 16.9. The van der Waals surface area contributed by atoms with Crippen molar-refractivity contribution in [1.82, 2.24) is 15.1 Å². The van der Waals surface area contributed by atoms with E-state index in [9.17, 15) is 8.78 Å². The van der Waals surface area contributed by atoms with E-state index in [-0.39, 0.29) is 14.4 Å². The van der Waals surface area contributed by atoms with Crippen LogP contribution in [-0.2, 0) is 4.74 Å². The number of alkyl halides is 2. The van der Waals surface area contributed by atoms with Crippen LogP contribution in [-0.4, -0.2) is 73.0 Å². The fourth-order valence-corrected chi connectivity index (χ4v) is 5.67. The summed E-state index contributed by atoms with van der Waals surface area (Å²) in [7, 11) is 0. The average molecular weight is 410 g/mol. The molecule has 4 fully saturated rings. The Hall–Kier alpha value is -1.54. The van der Waals surface area contributed by atoms with Crippen molar-refractivity contribution in [3.05, 3.63) is 12.1 Å². The number of fused-ring (bicyclic) bond motifs is 1. The van der Waals surface area contributed by atoms with Gasteiger partial charge in [0.1, 0.15) is 5.82 Å². The number of rotatable bonds is 5. The van der Waals surface area contributed by atoms with Crippen molar-refractivity contribution >= 4 is 11.6 Å². The van der Waals surface area contributed by atoms with Crippen LogP contribution in [0.25, 0.3) is 0 Å². The highest BCUT2D eigenvalue weighted by atomic mass is 19.3. The van der Waals surface area contributed by atoms with Crippen LogP contribution in [0, 0.1) is 17.8 Å². The lowest BCUT2D eigenvalue weighted by molar-refractivity contribution is 0.0256. The minimum atomic E-state index is -2.61. The Morgan fingerprint density at radius 2 is 1.90 bits per heavy atom. The number of likely N-dealkylation sites (tertiary alicyclic amines) is 1. The summed E-state index contributed by atoms with van der Waals surface area (Å²) < 4.78 is 32.3. The topological polar surface area (TPSA) is 53.5 Å². The van der Waals surface area contributed by atoms with Gasteiger partial charge in [0.2, 0.25) is 0 Å². The van der Waals surface area contributed by atoms with Crippen LogP contribution in [0.5, 0.6) is 0 Å². The first-order valence-electron chi connectivity index (χ1n) is 11.1. The first-order chi connectivity index (χ1) is 14.0. The summed E-state index contributed by atoms with van der Waals surface area (Å²) in [5, 5.41) is 12.0. The lowest BCUT2D eigenvalue weighted by atomic mass is 10.00. The van der Waals surface area contributed by atoms with E-state index >= 15 is 0 Å². The number of hydrogen-bond donors (Lipinski definition) is 1. The Kier molecular flexibility index (Phi) is 5.32. The number of ether oxygens (including phenoxy) is 1. The molecule has 3 aliphatic heterocycles. The molecule has 0 aromatic carbocycles. The maximum Gasteiger partial charge on any atom is 0.266 e. The fraction of sp³-hybridized carbons (Fsp3) is 0.810. The Labute approximate surface area is 172 Å². The predicted molar refractivity (Wildman–Crippen MR) is 110 cm³/mol. The van der Waals surface area contributed by atoms with Gasteiger partial charge in [-0.2, -0.15) is 0 Å². The monoisotopic (exact) mass is 409 g/mol. The molecule has 1 aromatic heterocycles. The van der Waals surface area contributed by atoms with E-state index in [4.69, 9.17) is 4.74 Å². The first kappa shape index (κ1) is 19.4. The van der Waals surface area contributed by atoms with Crippen LogP contribution in [0.15, 0.2) is 12.1 Å². The Morgan fingerprint density at radius 3 is 2.52 bits per heavy atom. The highest BCUT2D eigenvalue weighted by Gasteiger charge is 2.41. The molecular weight excluding hydrogens is 376 g/mol. The Balaban J connectivity index is 0.00000218. The van der Waals surface area contributed by atoms with Gasteiger partial charge in [0, 0.05) is 53.3 Å². The van der Waals surface area contributed by atoms with Crippen LogP contribution < -0.4 is 10.2 Å². The standard InChI is InChI=1S/C21H31F2N5O.H2/c22-21(23)5-6-28(14-21)20-2-1-19(25-26-20)24-18-9-16-12-27(13-17(16)10-18)11-15-3-7-29-8-4-15;/h1-2,15-18H,3-14H2,(H,24,25);1H/t16-,17+,18?;. The summed E-state index contributed by atoms with van der Waals surface area (Å²) in [6.45, 7) is 5.60. The molecule has 3 saturated heterocycles. The quantitative estimate of drug-likeness (QED) is 0.807. The van der Waals surface area contributed by atoms with Crippen molar-refractivity contribution < 1.29 is 14.9 Å². The largest absolute Gasteiger partial charge is 0.381 e. The molecule has 0 bridgehead atoms. The summed E-state index contributed by atoms with van der Waals surface area (Å²) in [5.74, 6) is 1.03. The van der Waals surface area contributed by atoms with Gasteiger partial charge in [0.25, 0.3) is 5.92 Å². The smallest absolute Gasteiger partial charge is 0.266 e. The van der Waals surface area contributed by atoms with Crippen molar-refractivity contribution in [2.24, 2.45) is 17.8 Å². The molecule has 1 saturated carbocycles. The van der Waals surface area contributed by atoms with Gasteiger partial charge in [-0.1, -0.05) is 0 Å². The molecule has 1 aliphatic carbocycles. The van der Waals surface area contributed by atoms with Gasteiger partial charge in [0.05, 0.1) is 6.54 Å². The second kappa shape index (κ2) is 7.95. The van der Waals surface area contributed by atoms with Crippen LogP contribution in [0.2, 0.25) is 0 Å². The highest BCUT2D eigenvalue weighted by Crippen LogP contribution is 2.39. The van der Waals surface area contributed by atoms with Gasteiger partial charge >= 0.3 is 0 Å². The molecule has 5 rings (SSSR count). The van der Waals surface area contributed by atoms with Crippen LogP contribution in [0.1, 0.15) is 33.5 Å². The van der Waals surface area contributed by atoms with E-state index in [1.807, 2.05) is 12.1 Å². The second-order valence-electron chi connectivity index (χ2n) is 9.41. The zero-order chi connectivity index (χ0) is 19.8. The first-order valence-corrected chi connectivity index (χ1v) is 11.1. The maximum absolute atomic E-state index is 13.4. The molecule has 0 spiro atoms. The van der Waals surface area contributed by atoms with Crippen LogP contribution >= 0.6 is 0 Å². The summed E-state index contributed by atoms with van der Waals surface area (Å²) in [4.78, 5) is 4.28. The lowest BCUT2D eigenvalue weighted by Gasteiger charge is -2.27. The normalized spacial score (nSPS) is 32.6. The van der Waals surface area contributed by atoms with Gasteiger partial charge in [-0.05, 0) is 55.6 Å². The molecule has 162 valence electrons. The number of nitrogens with zero attached hydrogens (tertiary/aromatic N) is 4. The predicted octanol–water partition coefficient (Wildman–Crippen LogP) is 3.12. The molecule has 1 aromatic rings. The van der Waals surface area contributed by atoms with E-state index < -0.39 is 5.92 Å². The lowest BCUT2D eigenvalue weighted by Crippen LogP contribution is -2.32. The molecule has 4 aliphatic rings. The molecule has 1 unspecified atom stereocenters. The van der Waals surface area contributed by atoms with E-state index in [1.165, 1.54) is 45.3 Å². The number of aromatic nitrogens is 2. The molecule has 8 heteroatoms. The summed E-state index contributed by atoms with van der Waals surface area (Å²) in [5.41, 5.74) is 0. The summed E-state index contributed by atoms with van der Waals surface area (Å²) in [6, 6.07) is 4.12. The van der Waals surface area contributed by atoms with Gasteiger partial charge in [0.15, 0.2) is 5.82 Å². The number of hydrogen-bond acceptors (Lipinski definition) is 6. The van der Waals surface area contributed by atoms with Crippen LogP contribution in [0.3, 0.4) is 0 Å². The average Bonchev–Trinajstić information content (AvgIpc) is 3.36. The third-order valence-corrected chi connectivity index (χ3v) is 7.18. The van der Waals surface area contributed by atoms with E-state index in [1.54, 1.807) is 4.90 Å². The van der Waals surface area contributed by atoms with Crippen molar-refractivity contribution in [2.75, 3.05) is 56.2 Å². The van der Waals surface area contributed by atoms with E-state index in [0.717, 1.165) is 36.8 Å². The molecular formula is C21H33F2N5O. The fourth-order valence-electron chi connectivity index (χ4n) is 5.67. The van der Waals surface area contributed by atoms with Crippen molar-refractivity contribution in [2.45, 2.75) is 44.1 Å². The summed E-state index contributed by atoms with van der Waals surface area (Å²) in [6.07, 6.45) is 4.66. The molecule has 1 N–H and O–H groups in total. The maximum atomic E-state index is 13.4. The van der Waals surface area contributed by atoms with Crippen molar-refractivity contribution in [1.29, 1.82) is 0 Å². The third kappa shape index (κ3) is 4.48. The highest BCUT2D eigenvalue weighted by molar-refractivity contribution is 5.45. The van der Waals surface area contributed by atoms with E-state index in [2.05, 4.69) is 20.4 Å². The molecule has 4 heterocycles. The zero-order valence-corrected chi connectivity index (χ0v) is 16.9. The van der Waals surface area contributed by atoms with Crippen molar-refractivity contribution in [3.63, 3.8) is 0 Å². The number of halogens is 2. The van der Waals surface area contributed by atoms with Crippen LogP contribution in [0.4, 0.5) is 20.4 Å². The third-order valence-electron chi connectivity index (χ3n) is 7.18. The molecule has 29 heavy (non-hydrogen) atoms. The summed E-state index contributed by atoms with van der Waals surface area (Å²) >= 11 is 0.